The van der Waals surface area contributed by atoms with Gasteiger partial charge in [-0.1, -0.05) is 5.16 Å². The quantitative estimate of drug-likeness (QED) is 0.362. The number of anilines is 1. The molecule has 0 spiro atoms. The first kappa shape index (κ1) is 24.5. The maximum Gasteiger partial charge on any atom is 0.401 e. The van der Waals surface area contributed by atoms with Crippen molar-refractivity contribution in [1.82, 2.24) is 24.9 Å². The Morgan fingerprint density at radius 3 is 2.46 bits per heavy atom. The number of hydrogen-bond acceptors (Lipinski definition) is 6. The van der Waals surface area contributed by atoms with Gasteiger partial charge in [-0.05, 0) is 30.5 Å². The highest BCUT2D eigenvalue weighted by atomic mass is 19.4. The van der Waals surface area contributed by atoms with Crippen molar-refractivity contribution in [3.63, 3.8) is 0 Å². The average Bonchev–Trinajstić information content (AvgIpc) is 3.38. The standard InChI is InChI=1S/C24H19F5N6O2/c1-35-12-13(9-32-35)4-20-30-10-15(11-31-20)16-7-17(25)14(5-18(16)26)6-22(36)33-21-8-19(37-34-21)23(2-3-23)24(27,28)29/h5,7-12H,2-4,6H2,1H3,(H,33,34,36). The van der Waals surface area contributed by atoms with Gasteiger partial charge in [0.05, 0.1) is 12.6 Å². The lowest BCUT2D eigenvalue weighted by Gasteiger charge is -2.14. The lowest BCUT2D eigenvalue weighted by Crippen LogP contribution is -2.28. The zero-order valence-corrected chi connectivity index (χ0v) is 19.3. The molecule has 1 saturated carbocycles. The second-order valence-corrected chi connectivity index (χ2v) is 8.89. The van der Waals surface area contributed by atoms with Crippen molar-refractivity contribution in [2.45, 2.75) is 37.3 Å². The van der Waals surface area contributed by atoms with Gasteiger partial charge in [-0.3, -0.25) is 9.48 Å². The van der Waals surface area contributed by atoms with Crippen LogP contribution in [0.15, 0.2) is 47.5 Å². The number of carbonyl (C=O) groups excluding carboxylic acids is 1. The van der Waals surface area contributed by atoms with Crippen LogP contribution in [0.25, 0.3) is 11.1 Å². The second kappa shape index (κ2) is 9.05. The molecule has 0 atom stereocenters. The topological polar surface area (TPSA) is 98.7 Å². The molecule has 4 aromatic rings. The van der Waals surface area contributed by atoms with Gasteiger partial charge in [0.2, 0.25) is 5.91 Å². The van der Waals surface area contributed by atoms with Gasteiger partial charge in [0.1, 0.15) is 22.9 Å². The molecular formula is C24H19F5N6O2. The number of aromatic nitrogens is 5. The van der Waals surface area contributed by atoms with Crippen LogP contribution in [-0.2, 0) is 30.1 Å². The Kier molecular flexibility index (Phi) is 6.00. The van der Waals surface area contributed by atoms with Gasteiger partial charge in [0.15, 0.2) is 11.6 Å². The summed E-state index contributed by atoms with van der Waals surface area (Å²) in [6, 6.07) is 2.81. The molecule has 3 aromatic heterocycles. The summed E-state index contributed by atoms with van der Waals surface area (Å²) in [7, 11) is 1.78. The fourth-order valence-corrected chi connectivity index (χ4v) is 3.99. The Morgan fingerprint density at radius 1 is 1.11 bits per heavy atom. The van der Waals surface area contributed by atoms with E-state index in [0.717, 1.165) is 23.8 Å². The van der Waals surface area contributed by atoms with E-state index in [9.17, 15) is 26.7 Å². The van der Waals surface area contributed by atoms with Crippen molar-refractivity contribution in [1.29, 1.82) is 0 Å². The molecule has 3 heterocycles. The summed E-state index contributed by atoms with van der Waals surface area (Å²) < 4.78 is 75.6. The molecule has 0 radical (unpaired) electrons. The zero-order valence-electron chi connectivity index (χ0n) is 19.3. The zero-order chi connectivity index (χ0) is 26.4. The molecular weight excluding hydrogens is 499 g/mol. The second-order valence-electron chi connectivity index (χ2n) is 8.89. The average molecular weight is 518 g/mol. The minimum Gasteiger partial charge on any atom is -0.358 e. The van der Waals surface area contributed by atoms with Crippen molar-refractivity contribution in [2.75, 3.05) is 5.32 Å². The van der Waals surface area contributed by atoms with Gasteiger partial charge >= 0.3 is 6.18 Å². The van der Waals surface area contributed by atoms with E-state index in [1.807, 2.05) is 6.20 Å². The summed E-state index contributed by atoms with van der Waals surface area (Å²) in [5, 5.41) is 9.77. The van der Waals surface area contributed by atoms with Gasteiger partial charge < -0.3 is 9.84 Å². The van der Waals surface area contributed by atoms with Crippen molar-refractivity contribution in [2.24, 2.45) is 7.05 Å². The molecule has 0 saturated heterocycles. The molecule has 192 valence electrons. The summed E-state index contributed by atoms with van der Waals surface area (Å²) in [6.45, 7) is 0. The summed E-state index contributed by atoms with van der Waals surface area (Å²) in [5.74, 6) is -2.60. The predicted octanol–water partition coefficient (Wildman–Crippen LogP) is 4.51. The Balaban J connectivity index is 1.25. The molecule has 0 aliphatic heterocycles. The molecule has 1 N–H and O–H groups in total. The van der Waals surface area contributed by atoms with E-state index < -0.39 is 41.3 Å². The van der Waals surface area contributed by atoms with Crippen LogP contribution >= 0.6 is 0 Å². The monoisotopic (exact) mass is 518 g/mol. The molecule has 37 heavy (non-hydrogen) atoms. The highest BCUT2D eigenvalue weighted by Crippen LogP contribution is 2.59. The first-order chi connectivity index (χ1) is 17.5. The molecule has 1 aliphatic rings. The number of aryl methyl sites for hydroxylation is 1. The fraction of sp³-hybridized carbons (Fsp3) is 0.292. The minimum absolute atomic E-state index is 0.0855. The molecule has 8 nitrogen and oxygen atoms in total. The molecule has 0 bridgehead atoms. The Labute approximate surface area is 206 Å². The molecule has 5 rings (SSSR count). The van der Waals surface area contributed by atoms with Crippen molar-refractivity contribution >= 4 is 11.7 Å². The van der Waals surface area contributed by atoms with Gasteiger partial charge in [0, 0.05) is 54.8 Å². The first-order valence-corrected chi connectivity index (χ1v) is 11.1. The molecule has 0 unspecified atom stereocenters. The number of benzene rings is 1. The molecule has 1 aliphatic carbocycles. The van der Waals surface area contributed by atoms with E-state index in [4.69, 9.17) is 4.52 Å². The van der Waals surface area contributed by atoms with Crippen LogP contribution in [0.1, 0.15) is 35.6 Å². The molecule has 1 fully saturated rings. The smallest absolute Gasteiger partial charge is 0.358 e. The summed E-state index contributed by atoms with van der Waals surface area (Å²) in [6.07, 6.45) is 1.32. The van der Waals surface area contributed by atoms with E-state index in [2.05, 4.69) is 25.5 Å². The van der Waals surface area contributed by atoms with Gasteiger partial charge in [0.25, 0.3) is 0 Å². The molecule has 13 heteroatoms. The SMILES string of the molecule is Cn1cc(Cc2ncc(-c3cc(F)c(CC(=O)Nc4cc(C5(C(F)(F)F)CC5)on4)cc3F)cn2)cn1. The maximum absolute atomic E-state index is 14.8. The Morgan fingerprint density at radius 2 is 1.84 bits per heavy atom. The van der Waals surface area contributed by atoms with Gasteiger partial charge in [-0.25, -0.2) is 18.7 Å². The van der Waals surface area contributed by atoms with E-state index in [-0.39, 0.29) is 35.3 Å². The Hall–Kier alpha value is -4.16. The van der Waals surface area contributed by atoms with E-state index in [0.29, 0.717) is 12.2 Å². The summed E-state index contributed by atoms with van der Waals surface area (Å²) >= 11 is 0. The van der Waals surface area contributed by atoms with Crippen molar-refractivity contribution < 1.29 is 31.3 Å². The lowest BCUT2D eigenvalue weighted by atomic mass is 10.0. The minimum atomic E-state index is -4.50. The number of nitrogens with zero attached hydrogens (tertiary/aromatic N) is 5. The number of hydrogen-bond donors (Lipinski definition) is 1. The predicted molar refractivity (Wildman–Crippen MR) is 119 cm³/mol. The van der Waals surface area contributed by atoms with Crippen LogP contribution in [0.3, 0.4) is 0 Å². The molecule has 1 aromatic carbocycles. The fourth-order valence-electron chi connectivity index (χ4n) is 3.99. The number of alkyl halides is 3. The van der Waals surface area contributed by atoms with Crippen LogP contribution in [0.5, 0.6) is 0 Å². The normalized spacial score (nSPS) is 14.5. The van der Waals surface area contributed by atoms with Gasteiger partial charge in [-0.15, -0.1) is 0 Å². The highest BCUT2D eigenvalue weighted by Gasteiger charge is 2.66. The summed E-state index contributed by atoms with van der Waals surface area (Å²) in [4.78, 5) is 20.7. The van der Waals surface area contributed by atoms with Crippen LogP contribution in [-0.4, -0.2) is 37.0 Å². The third kappa shape index (κ3) is 4.93. The number of nitrogens with one attached hydrogen (secondary N) is 1. The van der Waals surface area contributed by atoms with Crippen LogP contribution in [0.2, 0.25) is 0 Å². The first-order valence-electron chi connectivity index (χ1n) is 11.1. The lowest BCUT2D eigenvalue weighted by molar-refractivity contribution is -0.165. The van der Waals surface area contributed by atoms with Crippen LogP contribution < -0.4 is 5.32 Å². The maximum atomic E-state index is 14.8. The van der Waals surface area contributed by atoms with Crippen molar-refractivity contribution in [3.8, 4) is 11.1 Å². The van der Waals surface area contributed by atoms with Crippen molar-refractivity contribution in [3.05, 3.63) is 77.3 Å². The van der Waals surface area contributed by atoms with Crippen LogP contribution in [0, 0.1) is 11.6 Å². The van der Waals surface area contributed by atoms with E-state index >= 15 is 0 Å². The van der Waals surface area contributed by atoms with E-state index in [1.165, 1.54) is 12.4 Å². The number of carbonyl (C=O) groups is 1. The number of halogens is 5. The Bertz CT molecular complexity index is 1460. The molecule has 1 amide bonds. The van der Waals surface area contributed by atoms with E-state index in [1.54, 1.807) is 17.9 Å². The highest BCUT2D eigenvalue weighted by molar-refractivity contribution is 5.91. The van der Waals surface area contributed by atoms with Crippen LogP contribution in [0.4, 0.5) is 27.8 Å². The summed E-state index contributed by atoms with van der Waals surface area (Å²) in [5.41, 5.74) is -1.28. The third-order valence-corrected chi connectivity index (χ3v) is 6.17. The third-order valence-electron chi connectivity index (χ3n) is 6.17. The number of rotatable bonds is 7. The largest absolute Gasteiger partial charge is 0.401 e. The van der Waals surface area contributed by atoms with Gasteiger partial charge in [-0.2, -0.15) is 18.3 Å². The number of amides is 1.